The lowest BCUT2D eigenvalue weighted by molar-refractivity contribution is 0.0696. The van der Waals surface area contributed by atoms with E-state index in [2.05, 4.69) is 10.3 Å². The van der Waals surface area contributed by atoms with Gasteiger partial charge in [-0.25, -0.2) is 4.79 Å². The molecule has 1 amide bonds. The number of carboxylic acids is 1. The average Bonchev–Trinajstić information content (AvgIpc) is 2.82. The average molecular weight is 248 g/mol. The molecule has 2 aromatic heterocycles. The molecular formula is C11H8N2O3S. The maximum Gasteiger partial charge on any atom is 0.337 e. The van der Waals surface area contributed by atoms with Crippen LogP contribution in [0.15, 0.2) is 36.0 Å². The number of aromatic carboxylic acids is 1. The van der Waals surface area contributed by atoms with Crippen molar-refractivity contribution in [1.82, 2.24) is 4.98 Å². The molecule has 0 saturated carbocycles. The third-order valence-electron chi connectivity index (χ3n) is 2.01. The summed E-state index contributed by atoms with van der Waals surface area (Å²) in [4.78, 5) is 26.2. The first-order valence-corrected chi connectivity index (χ1v) is 5.58. The number of nitrogens with one attached hydrogen (secondary N) is 1. The lowest BCUT2D eigenvalue weighted by atomic mass is 10.2. The number of pyridine rings is 1. The van der Waals surface area contributed by atoms with Crippen LogP contribution in [0.3, 0.4) is 0 Å². The molecule has 0 spiro atoms. The van der Waals surface area contributed by atoms with Crippen LogP contribution in [0.1, 0.15) is 20.7 Å². The number of carbonyl (C=O) groups excluding carboxylic acids is 1. The number of rotatable bonds is 3. The first kappa shape index (κ1) is 11.3. The van der Waals surface area contributed by atoms with E-state index in [9.17, 15) is 9.59 Å². The fourth-order valence-corrected chi connectivity index (χ4v) is 1.83. The summed E-state index contributed by atoms with van der Waals surface area (Å²) in [6.45, 7) is 0. The van der Waals surface area contributed by atoms with Gasteiger partial charge in [0, 0.05) is 12.4 Å². The molecule has 17 heavy (non-hydrogen) atoms. The molecule has 2 N–H and O–H groups in total. The van der Waals surface area contributed by atoms with Gasteiger partial charge in [-0.3, -0.25) is 9.78 Å². The Morgan fingerprint density at radius 1 is 1.29 bits per heavy atom. The minimum atomic E-state index is -1.11. The van der Waals surface area contributed by atoms with E-state index in [4.69, 9.17) is 5.11 Å². The Balaban J connectivity index is 2.19. The molecule has 0 atom stereocenters. The minimum absolute atomic E-state index is 0.0103. The van der Waals surface area contributed by atoms with Gasteiger partial charge in [0.2, 0.25) is 0 Å². The van der Waals surface area contributed by atoms with Gasteiger partial charge in [0.15, 0.2) is 0 Å². The highest BCUT2D eigenvalue weighted by Crippen LogP contribution is 2.16. The lowest BCUT2D eigenvalue weighted by Gasteiger charge is -2.02. The number of thiophene rings is 1. The molecule has 0 aliphatic carbocycles. The van der Waals surface area contributed by atoms with Crippen LogP contribution in [0.25, 0.3) is 0 Å². The zero-order valence-corrected chi connectivity index (χ0v) is 9.40. The summed E-state index contributed by atoms with van der Waals surface area (Å²) in [6, 6.07) is 4.86. The Labute approximate surface area is 101 Å². The van der Waals surface area contributed by atoms with Gasteiger partial charge >= 0.3 is 5.97 Å². The fourth-order valence-electron chi connectivity index (χ4n) is 1.21. The summed E-state index contributed by atoms with van der Waals surface area (Å²) in [5.74, 6) is -1.48. The van der Waals surface area contributed by atoms with Crippen LogP contribution in [-0.4, -0.2) is 22.0 Å². The number of aromatic nitrogens is 1. The molecule has 6 heteroatoms. The quantitative estimate of drug-likeness (QED) is 0.871. The van der Waals surface area contributed by atoms with Gasteiger partial charge < -0.3 is 10.4 Å². The lowest BCUT2D eigenvalue weighted by Crippen LogP contribution is -2.12. The van der Waals surface area contributed by atoms with Crippen molar-refractivity contribution in [3.05, 3.63) is 47.1 Å². The molecule has 86 valence electrons. The number of carbonyl (C=O) groups is 2. The van der Waals surface area contributed by atoms with Crippen molar-refractivity contribution in [1.29, 1.82) is 0 Å². The van der Waals surface area contributed by atoms with Crippen molar-refractivity contribution in [3.63, 3.8) is 0 Å². The first-order chi connectivity index (χ1) is 8.16. The second kappa shape index (κ2) is 4.75. The Hall–Kier alpha value is -2.21. The van der Waals surface area contributed by atoms with Crippen LogP contribution in [0.5, 0.6) is 0 Å². The molecule has 5 nitrogen and oxygen atoms in total. The number of carboxylic acid groups (broad SMARTS) is 1. The topological polar surface area (TPSA) is 79.3 Å². The molecule has 0 unspecified atom stereocenters. The van der Waals surface area contributed by atoms with E-state index in [1.165, 1.54) is 29.8 Å². The summed E-state index contributed by atoms with van der Waals surface area (Å²) >= 11 is 1.39. The number of amides is 1. The van der Waals surface area contributed by atoms with Gasteiger partial charge in [0.05, 0.1) is 16.1 Å². The maximum absolute atomic E-state index is 11.7. The standard InChI is InChI=1S/C11H8N2O3S/c14-10(13-9-2-1-3-17-9)7-4-8(11(15)16)6-12-5-7/h1-6H,(H,13,14)(H,15,16). The molecule has 0 radical (unpaired) electrons. The number of anilines is 1. The highest BCUT2D eigenvalue weighted by atomic mass is 32.1. The van der Waals surface area contributed by atoms with Gasteiger partial charge in [0.25, 0.3) is 5.91 Å². The Kier molecular flexibility index (Phi) is 3.15. The second-order valence-corrected chi connectivity index (χ2v) is 4.15. The van der Waals surface area contributed by atoms with E-state index in [0.29, 0.717) is 5.00 Å². The number of hydrogen-bond acceptors (Lipinski definition) is 4. The monoisotopic (exact) mass is 248 g/mol. The van der Waals surface area contributed by atoms with Crippen molar-refractivity contribution in [3.8, 4) is 0 Å². The van der Waals surface area contributed by atoms with Crippen molar-refractivity contribution < 1.29 is 14.7 Å². The predicted octanol–water partition coefficient (Wildman–Crippen LogP) is 2.09. The summed E-state index contributed by atoms with van der Waals surface area (Å²) in [6.07, 6.45) is 2.53. The van der Waals surface area contributed by atoms with Crippen molar-refractivity contribution >= 4 is 28.2 Å². The normalized spacial score (nSPS) is 9.88. The van der Waals surface area contributed by atoms with E-state index in [-0.39, 0.29) is 17.0 Å². The zero-order valence-electron chi connectivity index (χ0n) is 8.58. The first-order valence-electron chi connectivity index (χ1n) is 4.70. The number of nitrogens with zero attached hydrogens (tertiary/aromatic N) is 1. The predicted molar refractivity (Wildman–Crippen MR) is 63.5 cm³/mol. The van der Waals surface area contributed by atoms with Crippen molar-refractivity contribution in [2.45, 2.75) is 0 Å². The van der Waals surface area contributed by atoms with Gasteiger partial charge in [-0.05, 0) is 23.6 Å². The molecule has 2 aromatic rings. The Bertz CT molecular complexity index is 552. The van der Waals surface area contributed by atoms with Gasteiger partial charge in [-0.2, -0.15) is 0 Å². The molecule has 2 rings (SSSR count). The van der Waals surface area contributed by atoms with Gasteiger partial charge in [-0.15, -0.1) is 11.3 Å². The summed E-state index contributed by atoms with van der Waals surface area (Å²) in [7, 11) is 0. The molecule has 0 fully saturated rings. The van der Waals surface area contributed by atoms with Crippen molar-refractivity contribution in [2.24, 2.45) is 0 Å². The van der Waals surface area contributed by atoms with E-state index in [0.717, 1.165) is 0 Å². The molecule has 0 aliphatic rings. The fraction of sp³-hybridized carbons (Fsp3) is 0. The Morgan fingerprint density at radius 3 is 2.71 bits per heavy atom. The molecule has 2 heterocycles. The molecule has 0 aromatic carbocycles. The van der Waals surface area contributed by atoms with Crippen LogP contribution in [-0.2, 0) is 0 Å². The minimum Gasteiger partial charge on any atom is -0.478 e. The second-order valence-electron chi connectivity index (χ2n) is 3.20. The summed E-state index contributed by atoms with van der Waals surface area (Å²) in [5, 5.41) is 14.0. The highest BCUT2D eigenvalue weighted by Gasteiger charge is 2.10. The molecule has 0 aliphatic heterocycles. The van der Waals surface area contributed by atoms with Crippen LogP contribution >= 0.6 is 11.3 Å². The third kappa shape index (κ3) is 2.67. The van der Waals surface area contributed by atoms with E-state index in [1.807, 2.05) is 11.4 Å². The van der Waals surface area contributed by atoms with E-state index < -0.39 is 5.97 Å². The van der Waals surface area contributed by atoms with Gasteiger partial charge in [-0.1, -0.05) is 0 Å². The van der Waals surface area contributed by atoms with Crippen molar-refractivity contribution in [2.75, 3.05) is 5.32 Å². The summed E-state index contributed by atoms with van der Waals surface area (Å²) in [5.41, 5.74) is 0.210. The van der Waals surface area contributed by atoms with Crippen LogP contribution in [0.4, 0.5) is 5.00 Å². The van der Waals surface area contributed by atoms with Crippen LogP contribution < -0.4 is 5.32 Å². The molecule has 0 saturated heterocycles. The summed E-state index contributed by atoms with van der Waals surface area (Å²) < 4.78 is 0. The molecule has 0 bridgehead atoms. The SMILES string of the molecule is O=C(O)c1cncc(C(=O)Nc2cccs2)c1. The van der Waals surface area contributed by atoms with Gasteiger partial charge in [0.1, 0.15) is 0 Å². The van der Waals surface area contributed by atoms with Crippen LogP contribution in [0.2, 0.25) is 0 Å². The van der Waals surface area contributed by atoms with E-state index >= 15 is 0 Å². The van der Waals surface area contributed by atoms with Crippen LogP contribution in [0, 0.1) is 0 Å². The Morgan fingerprint density at radius 2 is 2.06 bits per heavy atom. The molecular weight excluding hydrogens is 240 g/mol. The largest absolute Gasteiger partial charge is 0.478 e. The highest BCUT2D eigenvalue weighted by molar-refractivity contribution is 7.14. The third-order valence-corrected chi connectivity index (χ3v) is 2.79. The number of hydrogen-bond donors (Lipinski definition) is 2. The van der Waals surface area contributed by atoms with E-state index in [1.54, 1.807) is 6.07 Å². The smallest absolute Gasteiger partial charge is 0.337 e. The maximum atomic E-state index is 11.7. The zero-order chi connectivity index (χ0) is 12.3.